The highest BCUT2D eigenvalue weighted by molar-refractivity contribution is 5.81. The van der Waals surface area contributed by atoms with Gasteiger partial charge in [-0.05, 0) is 42.0 Å². The number of aromatic nitrogens is 2. The van der Waals surface area contributed by atoms with Crippen LogP contribution in [0.5, 0.6) is 11.8 Å². The van der Waals surface area contributed by atoms with Crippen molar-refractivity contribution in [1.29, 1.82) is 0 Å². The fraction of sp³-hybridized carbons (Fsp3) is 0.346. The number of hydrogen-bond acceptors (Lipinski definition) is 4. The summed E-state index contributed by atoms with van der Waals surface area (Å²) in [6, 6.07) is 14.8. The van der Waals surface area contributed by atoms with Crippen LogP contribution >= 0.6 is 0 Å². The van der Waals surface area contributed by atoms with Crippen LogP contribution in [0, 0.1) is 12.5 Å². The van der Waals surface area contributed by atoms with Crippen molar-refractivity contribution in [3.63, 3.8) is 0 Å². The smallest absolute Gasteiger partial charge is 0.299 e. The molecule has 0 amide bonds. The molecule has 1 aromatic heterocycles. The molecule has 164 valence electrons. The lowest BCUT2D eigenvalue weighted by molar-refractivity contribution is 0.189. The van der Waals surface area contributed by atoms with Gasteiger partial charge in [0.15, 0.2) is 5.69 Å². The molecule has 2 aromatic carbocycles. The molecule has 4 rings (SSSR count). The normalized spacial score (nSPS) is 14.0. The lowest BCUT2D eigenvalue weighted by atomic mass is 9.90. The molecule has 1 aliphatic carbocycles. The molecule has 6 heteroatoms. The van der Waals surface area contributed by atoms with Crippen molar-refractivity contribution in [3.05, 3.63) is 70.3 Å². The van der Waals surface area contributed by atoms with E-state index in [1.165, 1.54) is 23.8 Å². The first-order chi connectivity index (χ1) is 15.6. The minimum atomic E-state index is -0.173. The zero-order chi connectivity index (χ0) is 22.5. The Bertz CT molecular complexity index is 1170. The van der Waals surface area contributed by atoms with Gasteiger partial charge in [0.25, 0.3) is 11.6 Å². The predicted octanol–water partition coefficient (Wildman–Crippen LogP) is 5.63. The summed E-state index contributed by atoms with van der Waals surface area (Å²) in [5.41, 5.74) is 2.93. The molecule has 0 aliphatic heterocycles. The fourth-order valence-electron chi connectivity index (χ4n) is 4.18. The molecule has 1 aliphatic rings. The highest BCUT2D eigenvalue weighted by atomic mass is 16.5. The number of nitrogens with zero attached hydrogens (tertiary/aromatic N) is 3. The first-order valence-electron chi connectivity index (χ1n) is 11.0. The standard InChI is InChI=1S/C26H27N3O3/c1-27-21-13-9-20(10-14-21)24-23(19-11-15-22(31-3)16-12-19)25(30)29(2)26(28-24)32-17-18-7-5-4-6-8-18/h9-16,18H,4-8,17H2,2-3H3. The first-order valence-corrected chi connectivity index (χ1v) is 11.0. The molecule has 1 fully saturated rings. The highest BCUT2D eigenvalue weighted by Gasteiger charge is 2.21. The van der Waals surface area contributed by atoms with Gasteiger partial charge >= 0.3 is 0 Å². The van der Waals surface area contributed by atoms with Gasteiger partial charge in [-0.2, -0.15) is 4.98 Å². The molecule has 3 aromatic rings. The van der Waals surface area contributed by atoms with Gasteiger partial charge in [0, 0.05) is 7.05 Å². The van der Waals surface area contributed by atoms with Crippen LogP contribution in [-0.4, -0.2) is 23.3 Å². The molecular formula is C26H27N3O3. The summed E-state index contributed by atoms with van der Waals surface area (Å²) < 4.78 is 12.8. The van der Waals surface area contributed by atoms with Crippen LogP contribution in [0.2, 0.25) is 0 Å². The van der Waals surface area contributed by atoms with Gasteiger partial charge in [-0.15, -0.1) is 0 Å². The van der Waals surface area contributed by atoms with Crippen molar-refractivity contribution in [2.75, 3.05) is 13.7 Å². The molecule has 0 saturated heterocycles. The maximum absolute atomic E-state index is 13.5. The third-order valence-electron chi connectivity index (χ3n) is 6.07. The van der Waals surface area contributed by atoms with E-state index in [2.05, 4.69) is 4.85 Å². The molecule has 0 radical (unpaired) electrons. The summed E-state index contributed by atoms with van der Waals surface area (Å²) >= 11 is 0. The predicted molar refractivity (Wildman–Crippen MR) is 125 cm³/mol. The lowest BCUT2D eigenvalue weighted by Gasteiger charge is -2.22. The molecule has 0 spiro atoms. The van der Waals surface area contributed by atoms with E-state index < -0.39 is 0 Å². The number of hydrogen-bond donors (Lipinski definition) is 0. The van der Waals surface area contributed by atoms with E-state index in [-0.39, 0.29) is 5.56 Å². The Morgan fingerprint density at radius 3 is 2.31 bits per heavy atom. The van der Waals surface area contributed by atoms with Crippen molar-refractivity contribution in [2.45, 2.75) is 32.1 Å². The van der Waals surface area contributed by atoms with Gasteiger partial charge in [0.05, 0.1) is 31.5 Å². The lowest BCUT2D eigenvalue weighted by Crippen LogP contribution is -2.25. The summed E-state index contributed by atoms with van der Waals surface area (Å²) in [6.45, 7) is 7.77. The average Bonchev–Trinajstić information content (AvgIpc) is 2.85. The Morgan fingerprint density at radius 2 is 1.69 bits per heavy atom. The van der Waals surface area contributed by atoms with Gasteiger partial charge in [-0.25, -0.2) is 4.85 Å². The van der Waals surface area contributed by atoms with Crippen LogP contribution in [-0.2, 0) is 7.05 Å². The van der Waals surface area contributed by atoms with Gasteiger partial charge in [0.1, 0.15) is 5.75 Å². The van der Waals surface area contributed by atoms with Crippen molar-refractivity contribution < 1.29 is 9.47 Å². The first kappa shape index (κ1) is 21.6. The molecule has 0 bridgehead atoms. The number of methoxy groups -OCH3 is 1. The number of benzene rings is 2. The molecule has 1 saturated carbocycles. The monoisotopic (exact) mass is 429 g/mol. The quantitative estimate of drug-likeness (QED) is 0.476. The summed E-state index contributed by atoms with van der Waals surface area (Å²) in [6.07, 6.45) is 6.06. The minimum absolute atomic E-state index is 0.173. The van der Waals surface area contributed by atoms with Crippen molar-refractivity contribution >= 4 is 5.69 Å². The van der Waals surface area contributed by atoms with Gasteiger partial charge in [0.2, 0.25) is 0 Å². The molecule has 0 unspecified atom stereocenters. The highest BCUT2D eigenvalue weighted by Crippen LogP contribution is 2.32. The summed E-state index contributed by atoms with van der Waals surface area (Å²) in [4.78, 5) is 21.7. The average molecular weight is 430 g/mol. The van der Waals surface area contributed by atoms with Gasteiger partial charge in [-0.1, -0.05) is 55.7 Å². The topological polar surface area (TPSA) is 57.7 Å². The Hall–Kier alpha value is -3.59. The van der Waals surface area contributed by atoms with E-state index in [0.717, 1.165) is 24.0 Å². The van der Waals surface area contributed by atoms with Crippen molar-refractivity contribution in [2.24, 2.45) is 13.0 Å². The zero-order valence-electron chi connectivity index (χ0n) is 18.5. The molecule has 1 heterocycles. The number of rotatable bonds is 6. The Kier molecular flexibility index (Phi) is 6.55. The second-order valence-corrected chi connectivity index (χ2v) is 8.18. The Balaban J connectivity index is 1.79. The van der Waals surface area contributed by atoms with Crippen LogP contribution < -0.4 is 15.0 Å². The van der Waals surface area contributed by atoms with Crippen LogP contribution in [0.4, 0.5) is 5.69 Å². The van der Waals surface area contributed by atoms with Crippen LogP contribution in [0.15, 0.2) is 53.3 Å². The Morgan fingerprint density at radius 1 is 1.03 bits per heavy atom. The van der Waals surface area contributed by atoms with Gasteiger partial charge < -0.3 is 9.47 Å². The van der Waals surface area contributed by atoms with Gasteiger partial charge in [-0.3, -0.25) is 9.36 Å². The summed E-state index contributed by atoms with van der Waals surface area (Å²) in [7, 11) is 3.31. The largest absolute Gasteiger partial charge is 0.497 e. The summed E-state index contributed by atoms with van der Waals surface area (Å²) in [5, 5.41) is 0. The van der Waals surface area contributed by atoms with E-state index in [1.807, 2.05) is 36.4 Å². The second-order valence-electron chi connectivity index (χ2n) is 8.18. The van der Waals surface area contributed by atoms with E-state index in [1.54, 1.807) is 26.3 Å². The van der Waals surface area contributed by atoms with E-state index >= 15 is 0 Å². The van der Waals surface area contributed by atoms with E-state index in [0.29, 0.717) is 41.2 Å². The zero-order valence-corrected chi connectivity index (χ0v) is 18.5. The minimum Gasteiger partial charge on any atom is -0.497 e. The van der Waals surface area contributed by atoms with Crippen LogP contribution in [0.25, 0.3) is 27.2 Å². The third kappa shape index (κ3) is 4.52. The van der Waals surface area contributed by atoms with Crippen LogP contribution in [0.1, 0.15) is 32.1 Å². The molecule has 0 N–H and O–H groups in total. The molecule has 0 atom stereocenters. The van der Waals surface area contributed by atoms with E-state index in [4.69, 9.17) is 21.0 Å². The molecular weight excluding hydrogens is 402 g/mol. The maximum atomic E-state index is 13.5. The Labute approximate surface area is 188 Å². The number of ether oxygens (including phenoxy) is 2. The maximum Gasteiger partial charge on any atom is 0.299 e. The van der Waals surface area contributed by atoms with Crippen LogP contribution in [0.3, 0.4) is 0 Å². The molecule has 6 nitrogen and oxygen atoms in total. The van der Waals surface area contributed by atoms with E-state index in [9.17, 15) is 4.79 Å². The summed E-state index contributed by atoms with van der Waals surface area (Å²) in [5.74, 6) is 1.22. The fourth-order valence-corrected chi connectivity index (χ4v) is 4.18. The third-order valence-corrected chi connectivity index (χ3v) is 6.07. The van der Waals surface area contributed by atoms with Crippen molar-refractivity contribution in [1.82, 2.24) is 9.55 Å². The SMILES string of the molecule is [C-]#[N+]c1ccc(-c2nc(OCC3CCCCC3)n(C)c(=O)c2-c2ccc(OC)cc2)cc1. The second kappa shape index (κ2) is 9.69. The molecule has 32 heavy (non-hydrogen) atoms. The van der Waals surface area contributed by atoms with Crippen molar-refractivity contribution in [3.8, 4) is 34.1 Å².